The van der Waals surface area contributed by atoms with Crippen molar-refractivity contribution in [2.45, 2.75) is 20.4 Å². The van der Waals surface area contributed by atoms with E-state index in [4.69, 9.17) is 4.74 Å². The molecule has 0 saturated carbocycles. The molecule has 2 aromatic heterocycles. The van der Waals surface area contributed by atoms with Crippen LogP contribution in [-0.4, -0.2) is 34.1 Å². The van der Waals surface area contributed by atoms with Gasteiger partial charge in [-0.1, -0.05) is 0 Å². The molecule has 144 valence electrons. The molecule has 0 spiro atoms. The number of fused-ring (bicyclic) bond motifs is 1. The Morgan fingerprint density at radius 1 is 1.29 bits per heavy atom. The molecule has 0 radical (unpaired) electrons. The van der Waals surface area contributed by atoms with Crippen LogP contribution in [0.1, 0.15) is 21.7 Å². The summed E-state index contributed by atoms with van der Waals surface area (Å²) in [5.41, 5.74) is 4.82. The molecule has 0 saturated heterocycles. The van der Waals surface area contributed by atoms with Crippen molar-refractivity contribution >= 4 is 17.5 Å². The SMILES string of the molecule is COc1cc(Nc2nccc(-c3c(C)c4n(c3C)CCNC4=O)n2)ccc1F. The molecule has 0 bridgehead atoms. The smallest absolute Gasteiger partial charge is 0.268 e. The van der Waals surface area contributed by atoms with E-state index in [9.17, 15) is 9.18 Å². The highest BCUT2D eigenvalue weighted by Gasteiger charge is 2.26. The van der Waals surface area contributed by atoms with E-state index < -0.39 is 5.82 Å². The maximum atomic E-state index is 13.6. The second-order valence-corrected chi connectivity index (χ2v) is 6.58. The van der Waals surface area contributed by atoms with Crippen LogP contribution in [0.3, 0.4) is 0 Å². The number of nitrogens with zero attached hydrogens (tertiary/aromatic N) is 3. The normalized spacial score (nSPS) is 13.1. The van der Waals surface area contributed by atoms with Crippen molar-refractivity contribution in [2.75, 3.05) is 19.0 Å². The van der Waals surface area contributed by atoms with Crippen LogP contribution in [0.4, 0.5) is 16.0 Å². The number of anilines is 2. The van der Waals surface area contributed by atoms with Gasteiger partial charge in [0.05, 0.1) is 12.8 Å². The number of hydrogen-bond donors (Lipinski definition) is 2. The van der Waals surface area contributed by atoms with Gasteiger partial charge in [0.2, 0.25) is 5.95 Å². The number of carbonyl (C=O) groups is 1. The molecule has 1 aliphatic heterocycles. The minimum atomic E-state index is -0.438. The molecule has 1 aliphatic rings. The Balaban J connectivity index is 1.71. The van der Waals surface area contributed by atoms with Crippen molar-refractivity contribution in [3.63, 3.8) is 0 Å². The van der Waals surface area contributed by atoms with Crippen LogP contribution >= 0.6 is 0 Å². The van der Waals surface area contributed by atoms with Gasteiger partial charge in [-0.25, -0.2) is 14.4 Å². The summed E-state index contributed by atoms with van der Waals surface area (Å²) in [6, 6.07) is 6.27. The van der Waals surface area contributed by atoms with Crippen molar-refractivity contribution in [2.24, 2.45) is 0 Å². The first-order valence-electron chi connectivity index (χ1n) is 8.91. The number of aromatic nitrogens is 3. The van der Waals surface area contributed by atoms with E-state index in [0.717, 1.165) is 29.1 Å². The fourth-order valence-electron chi connectivity index (χ4n) is 3.63. The summed E-state index contributed by atoms with van der Waals surface area (Å²) in [7, 11) is 1.41. The largest absolute Gasteiger partial charge is 0.494 e. The first-order valence-corrected chi connectivity index (χ1v) is 8.91. The van der Waals surface area contributed by atoms with E-state index >= 15 is 0 Å². The third kappa shape index (κ3) is 2.96. The Kier molecular flexibility index (Phi) is 4.46. The topological polar surface area (TPSA) is 81.1 Å². The molecule has 0 aliphatic carbocycles. The lowest BCUT2D eigenvalue weighted by molar-refractivity contribution is 0.0926. The molecule has 0 atom stereocenters. The zero-order chi connectivity index (χ0) is 19.8. The summed E-state index contributed by atoms with van der Waals surface area (Å²) in [4.78, 5) is 21.1. The number of amides is 1. The predicted molar refractivity (Wildman–Crippen MR) is 103 cm³/mol. The van der Waals surface area contributed by atoms with Gasteiger partial charge in [-0.05, 0) is 37.6 Å². The van der Waals surface area contributed by atoms with Crippen molar-refractivity contribution in [3.8, 4) is 17.0 Å². The van der Waals surface area contributed by atoms with Gasteiger partial charge in [-0.2, -0.15) is 0 Å². The van der Waals surface area contributed by atoms with E-state index in [1.54, 1.807) is 18.3 Å². The maximum Gasteiger partial charge on any atom is 0.268 e. The van der Waals surface area contributed by atoms with E-state index in [1.807, 2.05) is 24.5 Å². The van der Waals surface area contributed by atoms with Crippen LogP contribution in [0.5, 0.6) is 5.75 Å². The lowest BCUT2D eigenvalue weighted by Crippen LogP contribution is -2.35. The van der Waals surface area contributed by atoms with E-state index in [2.05, 4.69) is 20.6 Å². The number of rotatable bonds is 4. The van der Waals surface area contributed by atoms with E-state index in [0.29, 0.717) is 23.9 Å². The summed E-state index contributed by atoms with van der Waals surface area (Å²) >= 11 is 0. The second kappa shape index (κ2) is 6.95. The fraction of sp³-hybridized carbons (Fsp3) is 0.250. The third-order valence-electron chi connectivity index (χ3n) is 4.92. The van der Waals surface area contributed by atoms with Crippen LogP contribution in [-0.2, 0) is 6.54 Å². The minimum Gasteiger partial charge on any atom is -0.494 e. The average molecular weight is 381 g/mol. The monoisotopic (exact) mass is 381 g/mol. The number of methoxy groups -OCH3 is 1. The van der Waals surface area contributed by atoms with Gasteiger partial charge in [0.15, 0.2) is 11.6 Å². The number of carbonyl (C=O) groups excluding carboxylic acids is 1. The minimum absolute atomic E-state index is 0.0658. The van der Waals surface area contributed by atoms with Crippen LogP contribution in [0.15, 0.2) is 30.5 Å². The average Bonchev–Trinajstić information content (AvgIpc) is 2.95. The number of nitrogens with one attached hydrogen (secondary N) is 2. The summed E-state index contributed by atoms with van der Waals surface area (Å²) in [5, 5.41) is 5.95. The second-order valence-electron chi connectivity index (χ2n) is 6.58. The summed E-state index contributed by atoms with van der Waals surface area (Å²) < 4.78 is 20.6. The quantitative estimate of drug-likeness (QED) is 0.725. The third-order valence-corrected chi connectivity index (χ3v) is 4.92. The van der Waals surface area contributed by atoms with Gasteiger partial charge in [-0.3, -0.25) is 4.79 Å². The number of benzene rings is 1. The fourth-order valence-corrected chi connectivity index (χ4v) is 3.63. The van der Waals surface area contributed by atoms with Gasteiger partial charge in [0, 0.05) is 42.3 Å². The van der Waals surface area contributed by atoms with Gasteiger partial charge in [0.25, 0.3) is 5.91 Å². The molecule has 3 heterocycles. The van der Waals surface area contributed by atoms with Crippen LogP contribution in [0.2, 0.25) is 0 Å². The standard InChI is InChI=1S/C20H20FN5O2/c1-11-17(12(2)26-9-8-22-19(27)18(11)26)15-6-7-23-20(25-15)24-13-4-5-14(21)16(10-13)28-3/h4-7,10H,8-9H2,1-3H3,(H,22,27)(H,23,24,25). The van der Waals surface area contributed by atoms with Crippen molar-refractivity contribution in [1.29, 1.82) is 0 Å². The zero-order valence-electron chi connectivity index (χ0n) is 15.8. The van der Waals surface area contributed by atoms with E-state index in [-0.39, 0.29) is 11.7 Å². The maximum absolute atomic E-state index is 13.6. The Morgan fingerprint density at radius 3 is 2.86 bits per heavy atom. The highest BCUT2D eigenvalue weighted by atomic mass is 19.1. The summed E-state index contributed by atoms with van der Waals surface area (Å²) in [6.07, 6.45) is 1.65. The Labute approximate surface area is 161 Å². The van der Waals surface area contributed by atoms with E-state index in [1.165, 1.54) is 13.2 Å². The highest BCUT2D eigenvalue weighted by Crippen LogP contribution is 2.32. The molecule has 0 unspecified atom stereocenters. The van der Waals surface area contributed by atoms with Gasteiger partial charge >= 0.3 is 0 Å². The lowest BCUT2D eigenvalue weighted by atomic mass is 10.1. The van der Waals surface area contributed by atoms with Gasteiger partial charge in [0.1, 0.15) is 5.69 Å². The Hall–Kier alpha value is -3.42. The molecule has 4 rings (SSSR count). The molecule has 8 heteroatoms. The zero-order valence-corrected chi connectivity index (χ0v) is 15.8. The molecule has 1 aromatic carbocycles. The number of hydrogen-bond acceptors (Lipinski definition) is 5. The first-order chi connectivity index (χ1) is 13.5. The van der Waals surface area contributed by atoms with Crippen LogP contribution in [0.25, 0.3) is 11.3 Å². The first kappa shape index (κ1) is 18.0. The van der Waals surface area contributed by atoms with Crippen LogP contribution < -0.4 is 15.4 Å². The number of halogens is 1. The molecule has 0 fully saturated rings. The summed E-state index contributed by atoms with van der Waals surface area (Å²) in [5.74, 6) is 0.00750. The van der Waals surface area contributed by atoms with Crippen molar-refractivity contribution < 1.29 is 13.9 Å². The molecule has 28 heavy (non-hydrogen) atoms. The number of ether oxygens (including phenoxy) is 1. The molecular weight excluding hydrogens is 361 g/mol. The highest BCUT2D eigenvalue weighted by molar-refractivity contribution is 5.97. The van der Waals surface area contributed by atoms with Gasteiger partial charge < -0.3 is 19.9 Å². The Morgan fingerprint density at radius 2 is 2.11 bits per heavy atom. The Bertz CT molecular complexity index is 1080. The molecular formula is C20H20FN5O2. The predicted octanol–water partition coefficient (Wildman–Crippen LogP) is 3.20. The van der Waals surface area contributed by atoms with Gasteiger partial charge in [-0.15, -0.1) is 0 Å². The van der Waals surface area contributed by atoms with Crippen molar-refractivity contribution in [3.05, 3.63) is 53.2 Å². The lowest BCUT2D eigenvalue weighted by Gasteiger charge is -2.17. The molecule has 1 amide bonds. The van der Waals surface area contributed by atoms with Crippen LogP contribution in [0, 0.1) is 19.7 Å². The summed E-state index contributed by atoms with van der Waals surface area (Å²) in [6.45, 7) is 5.27. The molecule has 7 nitrogen and oxygen atoms in total. The van der Waals surface area contributed by atoms with Crippen molar-refractivity contribution in [1.82, 2.24) is 19.9 Å². The molecule has 2 N–H and O–H groups in total. The molecule has 3 aromatic rings.